The Bertz CT molecular complexity index is 1170. The third-order valence-corrected chi connectivity index (χ3v) is 5.32. The van der Waals surface area contributed by atoms with Crippen LogP contribution in [-0.2, 0) is 37.8 Å². The summed E-state index contributed by atoms with van der Waals surface area (Å²) in [4.78, 5) is 22.5. The number of hydrogen-bond acceptors (Lipinski definition) is 6. The van der Waals surface area contributed by atoms with Crippen molar-refractivity contribution < 1.29 is 36.4 Å². The molecule has 172 valence electrons. The minimum absolute atomic E-state index is 0.0369. The lowest BCUT2D eigenvalue weighted by molar-refractivity contribution is -0.617. The number of hydrogen-bond donors (Lipinski definition) is 4. The Kier molecular flexibility index (Phi) is 8.61. The van der Waals surface area contributed by atoms with E-state index in [0.29, 0.717) is 6.54 Å². The number of nitrogens with two attached hydrogens (primary N) is 1. The van der Waals surface area contributed by atoms with Crippen molar-refractivity contribution in [3.8, 4) is 0 Å². The van der Waals surface area contributed by atoms with Crippen LogP contribution in [0.2, 0.25) is 0 Å². The molecule has 0 saturated carbocycles. The minimum atomic E-state index is -4.16. The molecule has 5 N–H and O–H groups in total. The van der Waals surface area contributed by atoms with Crippen molar-refractivity contribution in [2.24, 2.45) is 12.8 Å². The fraction of sp³-hybridized carbons (Fsp3) is 0.286. The van der Waals surface area contributed by atoms with E-state index in [1.54, 1.807) is 0 Å². The molecular weight excluding hydrogens is 438 g/mol. The second kappa shape index (κ2) is 11.0. The van der Waals surface area contributed by atoms with Gasteiger partial charge in [0.25, 0.3) is 0 Å². The molecule has 0 aliphatic carbocycles. The Balaban J connectivity index is 0.000000534. The number of para-hydroxylation sites is 2. The van der Waals surface area contributed by atoms with Gasteiger partial charge in [0.15, 0.2) is 0 Å². The summed E-state index contributed by atoms with van der Waals surface area (Å²) in [6.45, 7) is 0.387. The molecular formula is C21H26N3O7S+. The van der Waals surface area contributed by atoms with Crippen molar-refractivity contribution in [3.63, 3.8) is 0 Å². The number of pyridine rings is 1. The van der Waals surface area contributed by atoms with Crippen LogP contribution in [0.1, 0.15) is 18.4 Å². The van der Waals surface area contributed by atoms with Crippen molar-refractivity contribution >= 4 is 44.1 Å². The van der Waals surface area contributed by atoms with Gasteiger partial charge >= 0.3 is 16.4 Å². The molecule has 0 fully saturated rings. The van der Waals surface area contributed by atoms with E-state index in [2.05, 4.69) is 14.1 Å². The molecule has 1 heterocycles. The van der Waals surface area contributed by atoms with E-state index in [0.717, 1.165) is 34.5 Å². The average Bonchev–Trinajstić information content (AvgIpc) is 2.75. The molecule has 2 aromatic carbocycles. The Morgan fingerprint density at radius 1 is 1.09 bits per heavy atom. The molecule has 1 atom stereocenters. The van der Waals surface area contributed by atoms with E-state index in [9.17, 15) is 23.1 Å². The maximum atomic E-state index is 11.5. The van der Waals surface area contributed by atoms with Gasteiger partial charge in [-0.05, 0) is 24.1 Å². The quantitative estimate of drug-likeness (QED) is 0.219. The standard InChI is InChI=1S/C20H21N3O3.CH4O4S/c1-23-17-8-4-2-6-13(17)15(14-7-3-5-9-18(14)23)12-22-16(20(25)26)10-11-19(21)24;1-5-6(2,3)4/h2-9,16,22H,10-12H2,1H3,(H2-,21,24,25,26);1H3,(H,2,3,4)/p+1. The number of carboxylic acids is 1. The number of primary amides is 1. The van der Waals surface area contributed by atoms with Crippen LogP contribution in [0.3, 0.4) is 0 Å². The molecule has 0 radical (unpaired) electrons. The van der Waals surface area contributed by atoms with Crippen molar-refractivity contribution in [3.05, 3.63) is 54.1 Å². The number of aromatic nitrogens is 1. The van der Waals surface area contributed by atoms with Crippen LogP contribution >= 0.6 is 0 Å². The van der Waals surface area contributed by atoms with Gasteiger partial charge in [0, 0.05) is 25.1 Å². The number of amides is 1. The highest BCUT2D eigenvalue weighted by atomic mass is 32.3. The second-order valence-corrected chi connectivity index (χ2v) is 8.13. The number of rotatable bonds is 8. The van der Waals surface area contributed by atoms with Crippen LogP contribution in [-0.4, -0.2) is 43.1 Å². The number of nitrogens with one attached hydrogen (secondary N) is 1. The van der Waals surface area contributed by atoms with E-state index < -0.39 is 28.3 Å². The van der Waals surface area contributed by atoms with Gasteiger partial charge in [-0.25, -0.2) is 0 Å². The SMILES string of the molecule is COS(=O)(=O)O.C[n+]1c2ccccc2c(CNC(CCC(N)=O)C(=O)O)c2ccccc21. The maximum absolute atomic E-state index is 11.5. The lowest BCUT2D eigenvalue weighted by Gasteiger charge is -2.16. The maximum Gasteiger partial charge on any atom is 0.397 e. The summed E-state index contributed by atoms with van der Waals surface area (Å²) in [5.41, 5.74) is 8.34. The molecule has 1 unspecified atom stereocenters. The third kappa shape index (κ3) is 6.69. The van der Waals surface area contributed by atoms with Crippen molar-refractivity contribution in [2.45, 2.75) is 25.4 Å². The van der Waals surface area contributed by atoms with Crippen LogP contribution < -0.4 is 15.6 Å². The zero-order chi connectivity index (χ0) is 23.9. The van der Waals surface area contributed by atoms with Crippen molar-refractivity contribution in [1.82, 2.24) is 5.32 Å². The summed E-state index contributed by atoms with van der Waals surface area (Å²) in [7, 11) is -1.27. The van der Waals surface area contributed by atoms with Gasteiger partial charge in [-0.3, -0.25) is 18.3 Å². The predicted octanol–water partition coefficient (Wildman–Crippen LogP) is 1.06. The summed E-state index contributed by atoms with van der Waals surface area (Å²) in [5.74, 6) is -1.48. The molecule has 10 nitrogen and oxygen atoms in total. The van der Waals surface area contributed by atoms with Crippen LogP contribution in [0, 0.1) is 0 Å². The molecule has 3 aromatic rings. The number of carboxylic acid groups (broad SMARTS) is 1. The Labute approximate surface area is 185 Å². The van der Waals surface area contributed by atoms with Gasteiger partial charge in [0.1, 0.15) is 13.1 Å². The van der Waals surface area contributed by atoms with E-state index >= 15 is 0 Å². The number of carbonyl (C=O) groups is 2. The average molecular weight is 465 g/mol. The smallest absolute Gasteiger partial charge is 0.397 e. The highest BCUT2D eigenvalue weighted by molar-refractivity contribution is 7.80. The second-order valence-electron chi connectivity index (χ2n) is 6.94. The van der Waals surface area contributed by atoms with E-state index in [1.165, 1.54) is 0 Å². The number of benzene rings is 2. The lowest BCUT2D eigenvalue weighted by atomic mass is 10.0. The number of aliphatic carboxylic acids is 1. The van der Waals surface area contributed by atoms with Crippen LogP contribution in [0.5, 0.6) is 0 Å². The van der Waals surface area contributed by atoms with Gasteiger partial charge < -0.3 is 16.2 Å². The Morgan fingerprint density at radius 3 is 1.97 bits per heavy atom. The first-order valence-corrected chi connectivity index (χ1v) is 11.0. The van der Waals surface area contributed by atoms with E-state index in [4.69, 9.17) is 10.3 Å². The summed E-state index contributed by atoms with van der Waals surface area (Å²) >= 11 is 0. The topological polar surface area (TPSA) is 160 Å². The first-order valence-electron chi connectivity index (χ1n) is 9.61. The molecule has 0 saturated heterocycles. The summed E-state index contributed by atoms with van der Waals surface area (Å²) in [6, 6.07) is 15.3. The lowest BCUT2D eigenvalue weighted by Crippen LogP contribution is -2.38. The fourth-order valence-electron chi connectivity index (χ4n) is 3.33. The molecule has 1 aromatic heterocycles. The van der Waals surface area contributed by atoms with Gasteiger partial charge in [-0.1, -0.05) is 24.3 Å². The first kappa shape index (κ1) is 25.1. The zero-order valence-electron chi connectivity index (χ0n) is 17.7. The van der Waals surface area contributed by atoms with Gasteiger partial charge in [-0.15, -0.1) is 0 Å². The Morgan fingerprint density at radius 2 is 1.56 bits per heavy atom. The fourth-order valence-corrected chi connectivity index (χ4v) is 3.33. The van der Waals surface area contributed by atoms with Crippen molar-refractivity contribution in [1.29, 1.82) is 0 Å². The zero-order valence-corrected chi connectivity index (χ0v) is 18.5. The summed E-state index contributed by atoms with van der Waals surface area (Å²) in [5, 5.41) is 14.6. The predicted molar refractivity (Wildman–Crippen MR) is 118 cm³/mol. The first-order chi connectivity index (χ1) is 15.0. The number of nitrogens with zero attached hydrogens (tertiary/aromatic N) is 1. The molecule has 0 aliphatic rings. The molecule has 0 spiro atoms. The van der Waals surface area contributed by atoms with Gasteiger partial charge in [-0.2, -0.15) is 13.0 Å². The van der Waals surface area contributed by atoms with Crippen LogP contribution in [0.25, 0.3) is 21.8 Å². The van der Waals surface area contributed by atoms with Crippen LogP contribution in [0.15, 0.2) is 48.5 Å². The van der Waals surface area contributed by atoms with E-state index in [-0.39, 0.29) is 12.8 Å². The highest BCUT2D eigenvalue weighted by Gasteiger charge is 2.21. The monoisotopic (exact) mass is 464 g/mol. The number of fused-ring (bicyclic) bond motifs is 2. The molecule has 32 heavy (non-hydrogen) atoms. The molecule has 1 amide bonds. The third-order valence-electron chi connectivity index (χ3n) is 4.89. The van der Waals surface area contributed by atoms with Gasteiger partial charge in [0.2, 0.25) is 16.9 Å². The molecule has 0 aliphatic heterocycles. The number of aryl methyl sites for hydroxylation is 1. The summed E-state index contributed by atoms with van der Waals surface area (Å²) < 4.78 is 31.8. The largest absolute Gasteiger partial charge is 0.480 e. The summed E-state index contributed by atoms with van der Waals surface area (Å²) in [6.07, 6.45) is 0.205. The Hall–Kier alpha value is -3.12. The van der Waals surface area contributed by atoms with Crippen molar-refractivity contribution in [2.75, 3.05) is 7.11 Å². The minimum Gasteiger partial charge on any atom is -0.480 e. The van der Waals surface area contributed by atoms with E-state index in [1.807, 2.05) is 55.6 Å². The highest BCUT2D eigenvalue weighted by Crippen LogP contribution is 2.24. The molecule has 0 bridgehead atoms. The molecule has 11 heteroatoms. The van der Waals surface area contributed by atoms with Crippen LogP contribution in [0.4, 0.5) is 0 Å². The molecule has 3 rings (SSSR count). The number of carbonyl (C=O) groups excluding carboxylic acids is 1. The normalized spacial score (nSPS) is 12.2. The van der Waals surface area contributed by atoms with Gasteiger partial charge in [0.05, 0.1) is 17.9 Å².